The standard InChI is InChI=1S/C51H32N4O/c1-3-11-31(12-4-1)32-21-23-34(24-22-32)50-52-49(33-13-5-2-6-14-33)53-51(54-50)35-25-27-39-40-28-26-36(30-46(40)56-45(39)29-35)55-43-19-9-17-41-37-15-7-8-16-38(37)42-18-10-20-44(55)48(42)47(41)43/h1-28,30,45H,29H2. The number of aromatic nitrogens is 4. The zero-order chi connectivity index (χ0) is 36.7. The van der Waals surface area contributed by atoms with E-state index in [-0.39, 0.29) is 6.10 Å². The van der Waals surface area contributed by atoms with Crippen LogP contribution in [0.25, 0.3) is 94.1 Å². The van der Waals surface area contributed by atoms with Gasteiger partial charge in [0.1, 0.15) is 11.9 Å². The maximum atomic E-state index is 6.83. The van der Waals surface area contributed by atoms with Crippen molar-refractivity contribution in [3.05, 3.63) is 187 Å². The van der Waals surface area contributed by atoms with Gasteiger partial charge in [0.05, 0.1) is 11.0 Å². The van der Waals surface area contributed by atoms with Gasteiger partial charge >= 0.3 is 0 Å². The minimum absolute atomic E-state index is 0.140. The Morgan fingerprint density at radius 2 is 1.00 bits per heavy atom. The van der Waals surface area contributed by atoms with Gasteiger partial charge in [-0.15, -0.1) is 0 Å². The molecule has 0 saturated heterocycles. The van der Waals surface area contributed by atoms with Crippen molar-refractivity contribution in [2.24, 2.45) is 0 Å². The first kappa shape index (κ1) is 31.0. The van der Waals surface area contributed by atoms with E-state index in [1.807, 2.05) is 36.4 Å². The van der Waals surface area contributed by atoms with Gasteiger partial charge < -0.3 is 9.30 Å². The molecule has 12 rings (SSSR count). The molecule has 0 bridgehead atoms. The van der Waals surface area contributed by atoms with Crippen molar-refractivity contribution in [1.29, 1.82) is 0 Å². The van der Waals surface area contributed by atoms with Crippen LogP contribution in [0.1, 0.15) is 17.8 Å². The van der Waals surface area contributed by atoms with Crippen molar-refractivity contribution in [3.63, 3.8) is 0 Å². The van der Waals surface area contributed by atoms with E-state index in [2.05, 4.69) is 144 Å². The number of nitrogens with zero attached hydrogens (tertiary/aromatic N) is 4. The summed E-state index contributed by atoms with van der Waals surface area (Å²) in [4.78, 5) is 15.1. The molecular weight excluding hydrogens is 685 g/mol. The van der Waals surface area contributed by atoms with Crippen molar-refractivity contribution in [1.82, 2.24) is 19.5 Å². The molecule has 3 heterocycles. The van der Waals surface area contributed by atoms with Crippen LogP contribution in [0.5, 0.6) is 5.75 Å². The lowest BCUT2D eigenvalue weighted by atomic mass is 9.92. The third-order valence-electron chi connectivity index (χ3n) is 11.5. The molecule has 8 aromatic carbocycles. The van der Waals surface area contributed by atoms with Crippen LogP contribution in [0.3, 0.4) is 0 Å². The Morgan fingerprint density at radius 3 is 1.66 bits per heavy atom. The van der Waals surface area contributed by atoms with Gasteiger partial charge in [-0.25, -0.2) is 15.0 Å². The first-order valence-corrected chi connectivity index (χ1v) is 19.1. The van der Waals surface area contributed by atoms with Crippen molar-refractivity contribution in [3.8, 4) is 45.3 Å². The fourth-order valence-electron chi connectivity index (χ4n) is 8.94. The molecule has 0 radical (unpaired) electrons. The number of rotatable bonds is 5. The summed E-state index contributed by atoms with van der Waals surface area (Å²) in [5.41, 5.74) is 11.0. The zero-order valence-electron chi connectivity index (χ0n) is 30.2. The van der Waals surface area contributed by atoms with Crippen LogP contribution in [-0.4, -0.2) is 25.6 Å². The minimum Gasteiger partial charge on any atom is -0.485 e. The highest BCUT2D eigenvalue weighted by atomic mass is 16.5. The fourth-order valence-corrected chi connectivity index (χ4v) is 8.94. The van der Waals surface area contributed by atoms with E-state index in [1.54, 1.807) is 0 Å². The summed E-state index contributed by atoms with van der Waals surface area (Å²) < 4.78 is 9.23. The van der Waals surface area contributed by atoms with Crippen LogP contribution in [0.4, 0.5) is 0 Å². The van der Waals surface area contributed by atoms with E-state index in [0.29, 0.717) is 23.9 Å². The number of ether oxygens (including phenoxy) is 1. The van der Waals surface area contributed by atoms with E-state index >= 15 is 0 Å². The average Bonchev–Trinajstić information content (AvgIpc) is 3.82. The van der Waals surface area contributed by atoms with Crippen LogP contribution in [0.15, 0.2) is 176 Å². The van der Waals surface area contributed by atoms with Gasteiger partial charge in [-0.2, -0.15) is 0 Å². The second-order valence-corrected chi connectivity index (χ2v) is 14.7. The van der Waals surface area contributed by atoms with Gasteiger partial charge in [0, 0.05) is 56.8 Å². The Hall–Kier alpha value is -7.37. The molecule has 262 valence electrons. The predicted molar refractivity (Wildman–Crippen MR) is 228 cm³/mol. The number of allylic oxidation sites excluding steroid dienone is 2. The van der Waals surface area contributed by atoms with E-state index < -0.39 is 0 Å². The lowest BCUT2D eigenvalue weighted by Crippen LogP contribution is -2.16. The van der Waals surface area contributed by atoms with Gasteiger partial charge in [0.25, 0.3) is 0 Å². The molecule has 5 nitrogen and oxygen atoms in total. The summed E-state index contributed by atoms with van der Waals surface area (Å²) in [5.74, 6) is 2.86. The Bertz CT molecular complexity index is 3150. The first-order chi connectivity index (χ1) is 27.7. The number of fused-ring (bicyclic) bond motifs is 6. The fraction of sp³-hybridized carbons (Fsp3) is 0.0392. The van der Waals surface area contributed by atoms with Gasteiger partial charge in [-0.1, -0.05) is 146 Å². The first-order valence-electron chi connectivity index (χ1n) is 19.1. The Balaban J connectivity index is 0.921. The third-order valence-corrected chi connectivity index (χ3v) is 11.5. The molecule has 2 aliphatic rings. The molecule has 1 aliphatic heterocycles. The quantitative estimate of drug-likeness (QED) is 0.166. The van der Waals surface area contributed by atoms with Gasteiger partial charge in [0.2, 0.25) is 0 Å². The van der Waals surface area contributed by atoms with E-state index in [4.69, 9.17) is 19.7 Å². The molecule has 5 heteroatoms. The van der Waals surface area contributed by atoms with E-state index in [0.717, 1.165) is 39.3 Å². The lowest BCUT2D eigenvalue weighted by molar-refractivity contribution is 0.281. The Labute approximate surface area is 322 Å². The molecule has 1 atom stereocenters. The highest BCUT2D eigenvalue weighted by Crippen LogP contribution is 2.47. The molecule has 0 N–H and O–H groups in total. The minimum atomic E-state index is -0.140. The van der Waals surface area contributed by atoms with Gasteiger partial charge in [0.15, 0.2) is 17.5 Å². The molecule has 0 amide bonds. The second kappa shape index (κ2) is 12.1. The summed E-state index contributed by atoms with van der Waals surface area (Å²) in [6.45, 7) is 0. The van der Waals surface area contributed by atoms with Crippen LogP contribution < -0.4 is 4.74 Å². The number of benzene rings is 8. The highest BCUT2D eigenvalue weighted by Gasteiger charge is 2.33. The number of hydrogen-bond acceptors (Lipinski definition) is 4. The third kappa shape index (κ3) is 4.71. The summed E-state index contributed by atoms with van der Waals surface area (Å²) in [5, 5.41) is 7.76. The zero-order valence-corrected chi connectivity index (χ0v) is 30.2. The van der Waals surface area contributed by atoms with Crippen molar-refractivity contribution in [2.75, 3.05) is 0 Å². The molecule has 0 saturated carbocycles. The summed E-state index contributed by atoms with van der Waals surface area (Å²) >= 11 is 0. The average molecular weight is 717 g/mol. The smallest absolute Gasteiger partial charge is 0.164 e. The maximum Gasteiger partial charge on any atom is 0.164 e. The van der Waals surface area contributed by atoms with Crippen LogP contribution >= 0.6 is 0 Å². The van der Waals surface area contributed by atoms with Crippen LogP contribution in [0, 0.1) is 0 Å². The topological polar surface area (TPSA) is 52.8 Å². The molecule has 1 unspecified atom stereocenters. The SMILES string of the molecule is C1=C(c2nc(-c3ccccc3)nc(-c3ccc(-c4ccccc4)cc3)n2)CC2Oc3cc(-n4c5cccc6c7ccccc7c7cccc4c7c65)ccc3C2=C1. The molecule has 1 aliphatic carbocycles. The Morgan fingerprint density at radius 1 is 0.464 bits per heavy atom. The van der Waals surface area contributed by atoms with Crippen molar-refractivity contribution >= 4 is 54.5 Å². The summed E-state index contributed by atoms with van der Waals surface area (Å²) in [6.07, 6.45) is 4.86. The lowest BCUT2D eigenvalue weighted by Gasteiger charge is -2.19. The van der Waals surface area contributed by atoms with E-state index in [1.165, 1.54) is 54.5 Å². The van der Waals surface area contributed by atoms with Crippen LogP contribution in [0.2, 0.25) is 0 Å². The monoisotopic (exact) mass is 716 g/mol. The van der Waals surface area contributed by atoms with E-state index in [9.17, 15) is 0 Å². The Kier molecular flexibility index (Phi) is 6.69. The van der Waals surface area contributed by atoms with Gasteiger partial charge in [-0.05, 0) is 56.9 Å². The summed E-state index contributed by atoms with van der Waals surface area (Å²) in [7, 11) is 0. The normalized spacial score (nSPS) is 14.9. The predicted octanol–water partition coefficient (Wildman–Crippen LogP) is 12.3. The van der Waals surface area contributed by atoms with Crippen molar-refractivity contribution in [2.45, 2.75) is 12.5 Å². The maximum absolute atomic E-state index is 6.83. The molecule has 2 aromatic heterocycles. The second-order valence-electron chi connectivity index (χ2n) is 14.7. The van der Waals surface area contributed by atoms with Crippen LogP contribution in [-0.2, 0) is 0 Å². The molecule has 0 spiro atoms. The van der Waals surface area contributed by atoms with Gasteiger partial charge in [-0.3, -0.25) is 0 Å². The summed E-state index contributed by atoms with van der Waals surface area (Å²) in [6, 6.07) is 57.8. The molecular formula is C51H32N4O. The molecule has 0 fully saturated rings. The largest absolute Gasteiger partial charge is 0.485 e. The highest BCUT2D eigenvalue weighted by molar-refractivity contribution is 6.34. The van der Waals surface area contributed by atoms with Crippen molar-refractivity contribution < 1.29 is 4.74 Å². The molecule has 56 heavy (non-hydrogen) atoms. The number of hydrogen-bond donors (Lipinski definition) is 0. The molecule has 10 aromatic rings.